The molecular weight excluding hydrogens is 264 g/mol. The number of ether oxygens (including phenoxy) is 2. The number of H-pyrrole nitrogens is 2. The van der Waals surface area contributed by atoms with Gasteiger partial charge in [-0.15, -0.1) is 0 Å². The molecule has 0 spiro atoms. The molecule has 0 aliphatic heterocycles. The van der Waals surface area contributed by atoms with Crippen LogP contribution in [0.1, 0.15) is 0 Å². The van der Waals surface area contributed by atoms with Gasteiger partial charge in [-0.25, -0.2) is 19.1 Å². The van der Waals surface area contributed by atoms with Crippen molar-refractivity contribution in [1.82, 2.24) is 9.97 Å². The number of nitrogens with zero attached hydrogens (tertiary/aromatic N) is 2. The van der Waals surface area contributed by atoms with Gasteiger partial charge in [0, 0.05) is 14.2 Å². The number of aromatic nitrogens is 4. The monoisotopic (exact) mass is 284 g/mol. The van der Waals surface area contributed by atoms with Crippen LogP contribution in [0.15, 0.2) is 24.8 Å². The number of rotatable bonds is 7. The molecule has 0 aliphatic carbocycles. The second kappa shape index (κ2) is 6.62. The quantitative estimate of drug-likeness (QED) is 0.368. The first-order chi connectivity index (χ1) is 9.65. The lowest BCUT2D eigenvalue weighted by atomic mass is 10.4. The fourth-order valence-electron chi connectivity index (χ4n) is 1.93. The van der Waals surface area contributed by atoms with E-state index in [-0.39, 0.29) is 0 Å². The Hall–Kier alpha value is -1.74. The van der Waals surface area contributed by atoms with Crippen molar-refractivity contribution in [3.63, 3.8) is 0 Å². The average Bonchev–Trinajstić information content (AvgIpc) is 3.07. The molecule has 8 nitrogen and oxygen atoms in total. The summed E-state index contributed by atoms with van der Waals surface area (Å²) >= 11 is 0. The van der Waals surface area contributed by atoms with Gasteiger partial charge in [0.05, 0.1) is 0 Å². The smallest absolute Gasteiger partial charge is 0.365 e. The molecule has 2 heterocycles. The van der Waals surface area contributed by atoms with Gasteiger partial charge < -0.3 is 19.7 Å². The molecule has 0 fully saturated rings. The largest absolute Gasteiger partial charge is 0.371 e. The molecule has 0 aromatic carbocycles. The second-order valence-electron chi connectivity index (χ2n) is 4.30. The van der Waals surface area contributed by atoms with E-state index < -0.39 is 12.6 Å². The lowest BCUT2D eigenvalue weighted by Crippen LogP contribution is -2.46. The summed E-state index contributed by atoms with van der Waals surface area (Å²) in [7, 11) is 2.89. The minimum Gasteiger partial charge on any atom is -0.365 e. The summed E-state index contributed by atoms with van der Waals surface area (Å²) in [5.74, 6) is 1.52. The summed E-state index contributed by atoms with van der Waals surface area (Å²) in [4.78, 5) is 6.18. The van der Waals surface area contributed by atoms with Crippen LogP contribution < -0.4 is 9.13 Å². The van der Waals surface area contributed by atoms with E-state index in [1.807, 2.05) is 9.13 Å². The Morgan fingerprint density at radius 3 is 1.70 bits per heavy atom. The SMILES string of the molecule is COC(O)C[n+]1cc[nH]c1-c1[nH]cc[n+]1CC(O)OC. The van der Waals surface area contributed by atoms with E-state index in [0.29, 0.717) is 13.1 Å². The fourth-order valence-corrected chi connectivity index (χ4v) is 1.93. The lowest BCUT2D eigenvalue weighted by Gasteiger charge is -2.07. The Morgan fingerprint density at radius 1 is 0.950 bits per heavy atom. The molecule has 20 heavy (non-hydrogen) atoms. The molecule has 0 saturated carbocycles. The van der Waals surface area contributed by atoms with E-state index in [1.54, 1.807) is 24.8 Å². The van der Waals surface area contributed by atoms with Gasteiger partial charge in [-0.3, -0.25) is 0 Å². The summed E-state index contributed by atoms with van der Waals surface area (Å²) in [6, 6.07) is 0. The third-order valence-corrected chi connectivity index (χ3v) is 3.00. The Balaban J connectivity index is 2.24. The minimum atomic E-state index is -0.887. The molecule has 2 aromatic rings. The maximum atomic E-state index is 9.57. The molecule has 2 atom stereocenters. The highest BCUT2D eigenvalue weighted by Crippen LogP contribution is 2.05. The highest BCUT2D eigenvalue weighted by molar-refractivity contribution is 5.32. The van der Waals surface area contributed by atoms with Crippen molar-refractivity contribution in [3.05, 3.63) is 24.8 Å². The number of aliphatic hydroxyl groups is 2. The van der Waals surface area contributed by atoms with Crippen LogP contribution in [-0.2, 0) is 22.6 Å². The molecule has 0 amide bonds. The van der Waals surface area contributed by atoms with Crippen LogP contribution in [0.25, 0.3) is 11.6 Å². The molecule has 2 unspecified atom stereocenters. The van der Waals surface area contributed by atoms with Crippen molar-refractivity contribution >= 4 is 0 Å². The molecule has 0 saturated heterocycles. The number of hydrogen-bond donors (Lipinski definition) is 4. The molecule has 2 aromatic heterocycles. The maximum absolute atomic E-state index is 9.57. The van der Waals surface area contributed by atoms with Crippen LogP contribution in [0, 0.1) is 0 Å². The highest BCUT2D eigenvalue weighted by Gasteiger charge is 2.27. The van der Waals surface area contributed by atoms with Crippen molar-refractivity contribution in [1.29, 1.82) is 0 Å². The van der Waals surface area contributed by atoms with Crippen LogP contribution in [-0.4, -0.2) is 47.0 Å². The van der Waals surface area contributed by atoms with Gasteiger partial charge in [0.15, 0.2) is 12.6 Å². The maximum Gasteiger partial charge on any atom is 0.371 e. The first-order valence-corrected chi connectivity index (χ1v) is 6.21. The van der Waals surface area contributed by atoms with Gasteiger partial charge in [-0.1, -0.05) is 0 Å². The fraction of sp³-hybridized carbons (Fsp3) is 0.500. The summed E-state index contributed by atoms with van der Waals surface area (Å²) in [6.45, 7) is 0.586. The Bertz CT molecular complexity index is 491. The van der Waals surface area contributed by atoms with Crippen LogP contribution >= 0.6 is 0 Å². The van der Waals surface area contributed by atoms with E-state index in [0.717, 1.165) is 11.6 Å². The number of aromatic amines is 2. The predicted octanol–water partition coefficient (Wildman–Crippen LogP) is -1.49. The minimum absolute atomic E-state index is 0.293. The second-order valence-corrected chi connectivity index (χ2v) is 4.30. The molecule has 4 N–H and O–H groups in total. The summed E-state index contributed by atoms with van der Waals surface area (Å²) in [6.07, 6.45) is 5.35. The van der Waals surface area contributed by atoms with Gasteiger partial charge >= 0.3 is 11.6 Å². The van der Waals surface area contributed by atoms with Crippen molar-refractivity contribution in [2.45, 2.75) is 25.7 Å². The Morgan fingerprint density at radius 2 is 1.35 bits per heavy atom. The zero-order valence-electron chi connectivity index (χ0n) is 11.5. The number of nitrogens with one attached hydrogen (secondary N) is 2. The van der Waals surface area contributed by atoms with E-state index in [9.17, 15) is 10.2 Å². The molecule has 8 heteroatoms. The topological polar surface area (TPSA) is 98.3 Å². The molecule has 2 rings (SSSR count). The van der Waals surface area contributed by atoms with Crippen molar-refractivity contribution in [2.75, 3.05) is 14.2 Å². The first-order valence-electron chi connectivity index (χ1n) is 6.21. The van der Waals surface area contributed by atoms with Crippen LogP contribution in [0.3, 0.4) is 0 Å². The standard InChI is InChI=1S/C12H18N4O4/c1-19-9(17)7-15-5-3-13-11(15)12-14-4-6-16(12)8-10(18)20-2/h3-6,9-10,17-18H,7-8H2,1-2H3/p+2. The van der Waals surface area contributed by atoms with Gasteiger partial charge in [0.25, 0.3) is 0 Å². The zero-order valence-corrected chi connectivity index (χ0v) is 11.5. The van der Waals surface area contributed by atoms with Gasteiger partial charge in [0.2, 0.25) is 0 Å². The number of hydrogen-bond acceptors (Lipinski definition) is 4. The predicted molar refractivity (Wildman–Crippen MR) is 67.0 cm³/mol. The Labute approximate surface area is 116 Å². The zero-order chi connectivity index (χ0) is 14.5. The van der Waals surface area contributed by atoms with Crippen LogP contribution in [0.4, 0.5) is 0 Å². The third-order valence-electron chi connectivity index (χ3n) is 3.00. The number of imidazole rings is 2. The molecule has 0 radical (unpaired) electrons. The third kappa shape index (κ3) is 3.23. The molecule has 110 valence electrons. The molecule has 0 aliphatic rings. The van der Waals surface area contributed by atoms with Crippen molar-refractivity contribution in [3.8, 4) is 11.6 Å². The normalized spacial score (nSPS) is 14.4. The Kier molecular flexibility index (Phi) is 4.85. The van der Waals surface area contributed by atoms with Gasteiger partial charge in [-0.2, -0.15) is 0 Å². The lowest BCUT2D eigenvalue weighted by molar-refractivity contribution is -0.726. The van der Waals surface area contributed by atoms with E-state index in [1.165, 1.54) is 14.2 Å². The van der Waals surface area contributed by atoms with Crippen LogP contribution in [0.2, 0.25) is 0 Å². The van der Waals surface area contributed by atoms with Gasteiger partial charge in [-0.05, 0) is 0 Å². The number of aliphatic hydroxyl groups excluding tert-OH is 2. The van der Waals surface area contributed by atoms with Crippen molar-refractivity contribution < 1.29 is 28.8 Å². The highest BCUT2D eigenvalue weighted by atomic mass is 16.6. The molecule has 0 bridgehead atoms. The molecular formula is C12H20N4O4+2. The van der Waals surface area contributed by atoms with E-state index in [4.69, 9.17) is 9.47 Å². The first kappa shape index (κ1) is 14.7. The summed E-state index contributed by atoms with van der Waals surface area (Å²) in [5, 5.41) is 19.1. The van der Waals surface area contributed by atoms with Gasteiger partial charge in [0.1, 0.15) is 37.9 Å². The van der Waals surface area contributed by atoms with Crippen molar-refractivity contribution in [2.24, 2.45) is 0 Å². The van der Waals surface area contributed by atoms with E-state index in [2.05, 4.69) is 9.97 Å². The number of methoxy groups -OCH3 is 2. The van der Waals surface area contributed by atoms with E-state index >= 15 is 0 Å². The summed E-state index contributed by atoms with van der Waals surface area (Å²) in [5.41, 5.74) is 0. The average molecular weight is 284 g/mol. The summed E-state index contributed by atoms with van der Waals surface area (Å²) < 4.78 is 13.3. The van der Waals surface area contributed by atoms with Crippen LogP contribution in [0.5, 0.6) is 0 Å².